The first-order chi connectivity index (χ1) is 8.87. The molecule has 0 aliphatic carbocycles. The summed E-state index contributed by atoms with van der Waals surface area (Å²) in [6.07, 6.45) is 1.88. The standard InChI is InChI=1S/C14H22N2O2S/c1-10-7-13(9-15)8-14(12(10)3)19(17,18)16-6-4-5-11(16)2/h7-8,11H,4-6,9,15H2,1-3H3. The van der Waals surface area contributed by atoms with Crippen LogP contribution in [-0.4, -0.2) is 25.3 Å². The molecule has 0 amide bonds. The summed E-state index contributed by atoms with van der Waals surface area (Å²) in [6, 6.07) is 3.77. The molecule has 1 heterocycles. The van der Waals surface area contributed by atoms with Crippen LogP contribution in [0.2, 0.25) is 0 Å². The summed E-state index contributed by atoms with van der Waals surface area (Å²) in [6.45, 7) is 6.75. The number of nitrogens with zero attached hydrogens (tertiary/aromatic N) is 1. The number of rotatable bonds is 3. The molecule has 0 spiro atoms. The molecule has 106 valence electrons. The van der Waals surface area contributed by atoms with Crippen LogP contribution in [-0.2, 0) is 16.6 Å². The van der Waals surface area contributed by atoms with Crippen LogP contribution in [0.15, 0.2) is 17.0 Å². The number of aryl methyl sites for hydroxylation is 1. The van der Waals surface area contributed by atoms with Gasteiger partial charge in [0.2, 0.25) is 10.0 Å². The number of hydrogen-bond acceptors (Lipinski definition) is 3. The van der Waals surface area contributed by atoms with Gasteiger partial charge >= 0.3 is 0 Å². The number of hydrogen-bond donors (Lipinski definition) is 1. The minimum absolute atomic E-state index is 0.0891. The molecule has 5 heteroatoms. The summed E-state index contributed by atoms with van der Waals surface area (Å²) in [4.78, 5) is 0.418. The highest BCUT2D eigenvalue weighted by atomic mass is 32.2. The summed E-state index contributed by atoms with van der Waals surface area (Å²) in [7, 11) is -3.40. The SMILES string of the molecule is Cc1cc(CN)cc(S(=O)(=O)N2CCCC2C)c1C. The van der Waals surface area contributed by atoms with Gasteiger partial charge in [0.1, 0.15) is 0 Å². The van der Waals surface area contributed by atoms with Gasteiger partial charge in [-0.1, -0.05) is 6.07 Å². The van der Waals surface area contributed by atoms with Crippen molar-refractivity contribution in [3.8, 4) is 0 Å². The molecule has 0 bridgehead atoms. The molecule has 1 fully saturated rings. The molecule has 1 aromatic carbocycles. The molecule has 1 unspecified atom stereocenters. The normalized spacial score (nSPS) is 20.9. The zero-order chi connectivity index (χ0) is 14.2. The van der Waals surface area contributed by atoms with Crippen molar-refractivity contribution in [1.82, 2.24) is 4.31 Å². The van der Waals surface area contributed by atoms with Gasteiger partial charge < -0.3 is 5.73 Å². The van der Waals surface area contributed by atoms with E-state index in [1.807, 2.05) is 26.8 Å². The predicted molar refractivity (Wildman–Crippen MR) is 76.4 cm³/mol. The van der Waals surface area contributed by atoms with Crippen LogP contribution in [0.4, 0.5) is 0 Å². The third-order valence-corrected chi connectivity index (χ3v) is 6.13. The number of sulfonamides is 1. The Kier molecular flexibility index (Phi) is 3.99. The lowest BCUT2D eigenvalue weighted by Gasteiger charge is -2.23. The van der Waals surface area contributed by atoms with Gasteiger partial charge in [0.15, 0.2) is 0 Å². The summed E-state index contributed by atoms with van der Waals surface area (Å²) < 4.78 is 27.2. The molecule has 19 heavy (non-hydrogen) atoms. The van der Waals surface area contributed by atoms with E-state index in [0.29, 0.717) is 18.0 Å². The maximum atomic E-state index is 12.8. The molecule has 1 aliphatic heterocycles. The Hall–Kier alpha value is -0.910. The summed E-state index contributed by atoms with van der Waals surface area (Å²) in [5, 5.41) is 0. The zero-order valence-corrected chi connectivity index (χ0v) is 12.6. The molecule has 1 saturated heterocycles. The highest BCUT2D eigenvalue weighted by Crippen LogP contribution is 2.29. The van der Waals surface area contributed by atoms with Gasteiger partial charge in [0.25, 0.3) is 0 Å². The van der Waals surface area contributed by atoms with E-state index in [4.69, 9.17) is 5.73 Å². The third-order valence-electron chi connectivity index (χ3n) is 3.99. The Balaban J connectivity index is 2.54. The highest BCUT2D eigenvalue weighted by molar-refractivity contribution is 7.89. The zero-order valence-electron chi connectivity index (χ0n) is 11.8. The maximum absolute atomic E-state index is 12.8. The van der Waals surface area contributed by atoms with Gasteiger partial charge in [-0.05, 0) is 56.4 Å². The van der Waals surface area contributed by atoms with E-state index in [2.05, 4.69) is 0 Å². The Morgan fingerprint density at radius 3 is 2.58 bits per heavy atom. The fourth-order valence-corrected chi connectivity index (χ4v) is 4.72. The molecule has 1 aliphatic rings. The molecule has 1 aromatic rings. The average Bonchev–Trinajstić information content (AvgIpc) is 2.79. The Labute approximate surface area is 115 Å². The third kappa shape index (κ3) is 2.55. The second kappa shape index (κ2) is 5.23. The molecule has 0 radical (unpaired) electrons. The van der Waals surface area contributed by atoms with Crippen molar-refractivity contribution in [2.24, 2.45) is 5.73 Å². The summed E-state index contributed by atoms with van der Waals surface area (Å²) in [5.74, 6) is 0. The summed E-state index contributed by atoms with van der Waals surface area (Å²) in [5.41, 5.74) is 8.33. The minimum Gasteiger partial charge on any atom is -0.326 e. The van der Waals surface area contributed by atoms with Crippen molar-refractivity contribution in [1.29, 1.82) is 0 Å². The molecule has 2 rings (SSSR count). The van der Waals surface area contributed by atoms with Crippen LogP contribution in [0, 0.1) is 13.8 Å². The molecule has 4 nitrogen and oxygen atoms in total. The van der Waals surface area contributed by atoms with Crippen molar-refractivity contribution < 1.29 is 8.42 Å². The quantitative estimate of drug-likeness (QED) is 0.921. The Morgan fingerprint density at radius 2 is 2.05 bits per heavy atom. The smallest absolute Gasteiger partial charge is 0.243 e. The van der Waals surface area contributed by atoms with Crippen molar-refractivity contribution in [2.75, 3.05) is 6.54 Å². The fourth-order valence-electron chi connectivity index (χ4n) is 2.68. The van der Waals surface area contributed by atoms with E-state index >= 15 is 0 Å². The largest absolute Gasteiger partial charge is 0.326 e. The van der Waals surface area contributed by atoms with Crippen LogP contribution in [0.1, 0.15) is 36.5 Å². The van der Waals surface area contributed by atoms with Gasteiger partial charge in [0.05, 0.1) is 4.90 Å². The van der Waals surface area contributed by atoms with Crippen LogP contribution in [0.5, 0.6) is 0 Å². The van der Waals surface area contributed by atoms with Crippen molar-refractivity contribution in [3.05, 3.63) is 28.8 Å². The highest BCUT2D eigenvalue weighted by Gasteiger charge is 2.33. The van der Waals surface area contributed by atoms with Crippen molar-refractivity contribution >= 4 is 10.0 Å². The monoisotopic (exact) mass is 282 g/mol. The predicted octanol–water partition coefficient (Wildman–Crippen LogP) is 1.94. The maximum Gasteiger partial charge on any atom is 0.243 e. The second-order valence-corrected chi connectivity index (χ2v) is 7.21. The molecule has 1 atom stereocenters. The number of nitrogens with two attached hydrogens (primary N) is 1. The van der Waals surface area contributed by atoms with Gasteiger partial charge in [-0.15, -0.1) is 0 Å². The van der Waals surface area contributed by atoms with Gasteiger partial charge in [-0.3, -0.25) is 0 Å². The lowest BCUT2D eigenvalue weighted by molar-refractivity contribution is 0.408. The van der Waals surface area contributed by atoms with Crippen molar-refractivity contribution in [2.45, 2.75) is 51.1 Å². The minimum atomic E-state index is -3.40. The van der Waals surface area contributed by atoms with E-state index in [-0.39, 0.29) is 6.04 Å². The van der Waals surface area contributed by atoms with Crippen LogP contribution in [0.25, 0.3) is 0 Å². The van der Waals surface area contributed by atoms with E-state index in [1.54, 1.807) is 10.4 Å². The molecule has 0 saturated carbocycles. The van der Waals surface area contributed by atoms with Crippen LogP contribution >= 0.6 is 0 Å². The Bertz CT molecular complexity index is 581. The first kappa shape index (κ1) is 14.5. The van der Waals surface area contributed by atoms with E-state index in [0.717, 1.165) is 29.5 Å². The summed E-state index contributed by atoms with van der Waals surface area (Å²) >= 11 is 0. The topological polar surface area (TPSA) is 63.4 Å². The average molecular weight is 282 g/mol. The molecule has 0 aromatic heterocycles. The lowest BCUT2D eigenvalue weighted by Crippen LogP contribution is -2.34. The molecular formula is C14H22N2O2S. The first-order valence-electron chi connectivity index (χ1n) is 6.70. The molecule has 2 N–H and O–H groups in total. The van der Waals surface area contributed by atoms with Gasteiger partial charge in [0, 0.05) is 19.1 Å². The van der Waals surface area contributed by atoms with E-state index < -0.39 is 10.0 Å². The van der Waals surface area contributed by atoms with Crippen LogP contribution in [0.3, 0.4) is 0 Å². The van der Waals surface area contributed by atoms with Gasteiger partial charge in [-0.25, -0.2) is 8.42 Å². The lowest BCUT2D eigenvalue weighted by atomic mass is 10.1. The van der Waals surface area contributed by atoms with E-state index in [1.165, 1.54) is 0 Å². The first-order valence-corrected chi connectivity index (χ1v) is 8.14. The molecular weight excluding hydrogens is 260 g/mol. The van der Waals surface area contributed by atoms with Crippen LogP contribution < -0.4 is 5.73 Å². The van der Waals surface area contributed by atoms with Gasteiger partial charge in [-0.2, -0.15) is 4.31 Å². The number of benzene rings is 1. The van der Waals surface area contributed by atoms with Crippen molar-refractivity contribution in [3.63, 3.8) is 0 Å². The fraction of sp³-hybridized carbons (Fsp3) is 0.571. The van der Waals surface area contributed by atoms with E-state index in [9.17, 15) is 8.42 Å². The second-order valence-electron chi connectivity index (χ2n) is 5.35. The Morgan fingerprint density at radius 1 is 1.37 bits per heavy atom.